The molecule has 0 amide bonds. The first-order valence-electron chi connectivity index (χ1n) is 12.5. The monoisotopic (exact) mass is 430 g/mol. The van der Waals surface area contributed by atoms with E-state index in [1.807, 2.05) is 0 Å². The van der Waals surface area contributed by atoms with E-state index >= 15 is 0 Å². The van der Waals surface area contributed by atoms with Crippen molar-refractivity contribution in [3.63, 3.8) is 0 Å². The lowest BCUT2D eigenvalue weighted by Crippen LogP contribution is -2.45. The van der Waals surface area contributed by atoms with Gasteiger partial charge in [0.15, 0.2) is 6.20 Å². The minimum atomic E-state index is -1.37. The zero-order valence-corrected chi connectivity index (χ0v) is 21.5. The Kier molecular flexibility index (Phi) is 6.39. The Morgan fingerprint density at radius 2 is 1.58 bits per heavy atom. The molecule has 164 valence electrons. The summed E-state index contributed by atoms with van der Waals surface area (Å²) in [7, 11) is 0.837. The average molecular weight is 431 g/mol. The Labute approximate surface area is 190 Å². The highest BCUT2D eigenvalue weighted by Gasteiger charge is 2.30. The molecule has 31 heavy (non-hydrogen) atoms. The Balaban J connectivity index is 1.91. The van der Waals surface area contributed by atoms with E-state index in [9.17, 15) is 0 Å². The highest BCUT2D eigenvalue weighted by molar-refractivity contribution is 6.91. The molecule has 0 atom stereocenters. The first-order chi connectivity index (χ1) is 14.9. The number of benzene rings is 2. The molecule has 0 aliphatic heterocycles. The van der Waals surface area contributed by atoms with E-state index in [4.69, 9.17) is 0 Å². The number of hydrogen-bond donors (Lipinski definition) is 0. The van der Waals surface area contributed by atoms with Gasteiger partial charge in [0.2, 0.25) is 5.69 Å². The lowest BCUT2D eigenvalue weighted by atomic mass is 9.89. The summed E-state index contributed by atoms with van der Waals surface area (Å²) in [6.07, 6.45) is 7.74. The second-order valence-electron chi connectivity index (χ2n) is 9.91. The number of nitrogens with zero attached hydrogens (tertiary/aromatic N) is 1. The Morgan fingerprint density at radius 3 is 2.23 bits per heavy atom. The minimum absolute atomic E-state index is 0.746. The topological polar surface area (TPSA) is 3.88 Å². The predicted octanol–water partition coefficient (Wildman–Crippen LogP) is 7.32. The van der Waals surface area contributed by atoms with E-state index < -0.39 is 8.07 Å². The highest BCUT2D eigenvalue weighted by Crippen LogP contribution is 2.38. The van der Waals surface area contributed by atoms with Gasteiger partial charge in [-0.05, 0) is 66.8 Å². The fraction of sp³-hybridized carbons (Fsp3) is 0.483. The van der Waals surface area contributed by atoms with Crippen LogP contribution < -0.4 is 9.75 Å². The molecule has 0 unspecified atom stereocenters. The van der Waals surface area contributed by atoms with Crippen LogP contribution >= 0.6 is 0 Å². The lowest BCUT2D eigenvalue weighted by molar-refractivity contribution is -0.659. The average Bonchev–Trinajstić information content (AvgIpc) is 3.32. The van der Waals surface area contributed by atoms with E-state index in [1.54, 1.807) is 10.8 Å². The van der Waals surface area contributed by atoms with Crippen molar-refractivity contribution in [2.24, 2.45) is 7.05 Å². The predicted molar refractivity (Wildman–Crippen MR) is 138 cm³/mol. The molecule has 1 saturated carbocycles. The van der Waals surface area contributed by atoms with Crippen molar-refractivity contribution in [2.75, 3.05) is 0 Å². The molecule has 2 heteroatoms. The number of pyridine rings is 1. The van der Waals surface area contributed by atoms with Crippen LogP contribution in [0.1, 0.15) is 69.1 Å². The van der Waals surface area contributed by atoms with Gasteiger partial charge < -0.3 is 0 Å². The third kappa shape index (κ3) is 3.88. The third-order valence-electron chi connectivity index (χ3n) is 8.55. The summed E-state index contributed by atoms with van der Waals surface area (Å²) < 4.78 is 2.34. The molecule has 1 aliphatic rings. The van der Waals surface area contributed by atoms with Crippen molar-refractivity contribution < 1.29 is 4.57 Å². The van der Waals surface area contributed by atoms with Crippen LogP contribution in [0.25, 0.3) is 22.0 Å². The minimum Gasteiger partial charge on any atom is -0.200 e. The zero-order valence-electron chi connectivity index (χ0n) is 20.5. The van der Waals surface area contributed by atoms with Gasteiger partial charge in [0.25, 0.3) is 0 Å². The molecular weight excluding hydrogens is 390 g/mol. The lowest BCUT2D eigenvalue weighted by Gasteiger charge is -2.29. The molecule has 3 aromatic rings. The molecular formula is C29H40NSi+. The molecule has 0 spiro atoms. The molecule has 2 aromatic carbocycles. The van der Waals surface area contributed by atoms with Crippen molar-refractivity contribution >= 4 is 24.0 Å². The summed E-state index contributed by atoms with van der Waals surface area (Å²) in [4.78, 5) is 0. The van der Waals surface area contributed by atoms with E-state index in [-0.39, 0.29) is 0 Å². The molecule has 0 bridgehead atoms. The molecule has 4 rings (SSSR count). The molecule has 0 radical (unpaired) electrons. The second kappa shape index (κ2) is 8.90. The highest BCUT2D eigenvalue weighted by atomic mass is 28.3. The maximum atomic E-state index is 2.53. The Hall–Kier alpha value is -1.93. The summed E-state index contributed by atoms with van der Waals surface area (Å²) in [5.41, 5.74) is 7.21. The summed E-state index contributed by atoms with van der Waals surface area (Å²) >= 11 is 0. The number of aromatic nitrogens is 1. The zero-order chi connectivity index (χ0) is 22.2. The Morgan fingerprint density at radius 1 is 0.903 bits per heavy atom. The van der Waals surface area contributed by atoms with Crippen LogP contribution in [0, 0.1) is 13.8 Å². The first kappa shape index (κ1) is 22.3. The van der Waals surface area contributed by atoms with E-state index in [0.717, 1.165) is 5.92 Å². The number of aryl methyl sites for hydroxylation is 2. The van der Waals surface area contributed by atoms with Crippen LogP contribution in [-0.2, 0) is 7.05 Å². The maximum Gasteiger partial charge on any atom is 0.220 e. The van der Waals surface area contributed by atoms with Gasteiger partial charge in [-0.3, -0.25) is 0 Å². The standard InChI is InChI=1S/C29H40NSi/c1-7-31(8-2,9-3)26-14-15-27-24(19-26)16-17-30(6)29(27)28-20-25(18-21(4)22(28)5)23-12-10-11-13-23/h14-20,23H,7-13H2,1-6H3/q+1. The van der Waals surface area contributed by atoms with Gasteiger partial charge in [-0.25, -0.2) is 4.57 Å². The van der Waals surface area contributed by atoms with Crippen LogP contribution in [0.5, 0.6) is 0 Å². The Bertz CT molecular complexity index is 1080. The molecule has 1 fully saturated rings. The first-order valence-corrected chi connectivity index (χ1v) is 15.1. The molecule has 0 N–H and O–H groups in total. The second-order valence-corrected chi connectivity index (χ2v) is 15.2. The third-order valence-corrected chi connectivity index (χ3v) is 14.1. The normalized spacial score (nSPS) is 15.2. The molecule has 1 nitrogen and oxygen atoms in total. The fourth-order valence-corrected chi connectivity index (χ4v) is 9.65. The quantitative estimate of drug-likeness (QED) is 0.285. The molecule has 1 aromatic heterocycles. The van der Waals surface area contributed by atoms with Crippen molar-refractivity contribution in [3.8, 4) is 11.3 Å². The van der Waals surface area contributed by atoms with Gasteiger partial charge in [-0.2, -0.15) is 0 Å². The van der Waals surface area contributed by atoms with Crippen molar-refractivity contribution in [2.45, 2.75) is 84.4 Å². The van der Waals surface area contributed by atoms with E-state index in [1.165, 1.54) is 77.0 Å². The van der Waals surface area contributed by atoms with Gasteiger partial charge in [0.1, 0.15) is 7.05 Å². The summed E-state index contributed by atoms with van der Waals surface area (Å²) in [6.45, 7) is 11.8. The van der Waals surface area contributed by atoms with Gasteiger partial charge in [0.05, 0.1) is 19.0 Å². The van der Waals surface area contributed by atoms with Gasteiger partial charge in [-0.1, -0.05) is 75.1 Å². The number of rotatable bonds is 6. The van der Waals surface area contributed by atoms with E-state index in [2.05, 4.69) is 88.8 Å². The van der Waals surface area contributed by atoms with Crippen LogP contribution in [0.4, 0.5) is 0 Å². The summed E-state index contributed by atoms with van der Waals surface area (Å²) in [5, 5.41) is 4.44. The van der Waals surface area contributed by atoms with Gasteiger partial charge in [-0.15, -0.1) is 0 Å². The van der Waals surface area contributed by atoms with Crippen molar-refractivity contribution in [3.05, 3.63) is 59.3 Å². The van der Waals surface area contributed by atoms with Crippen LogP contribution in [0.15, 0.2) is 42.6 Å². The van der Waals surface area contributed by atoms with Gasteiger partial charge >= 0.3 is 0 Å². The molecule has 0 saturated heterocycles. The summed E-state index contributed by atoms with van der Waals surface area (Å²) in [5.74, 6) is 0.746. The molecule has 1 aliphatic carbocycles. The van der Waals surface area contributed by atoms with Crippen LogP contribution in [-0.4, -0.2) is 8.07 Å². The number of hydrogen-bond acceptors (Lipinski definition) is 0. The number of fused-ring (bicyclic) bond motifs is 1. The van der Waals surface area contributed by atoms with Crippen molar-refractivity contribution in [1.82, 2.24) is 0 Å². The summed E-state index contributed by atoms with van der Waals surface area (Å²) in [6, 6.07) is 18.7. The SMILES string of the molecule is CC[Si](CC)(CC)c1ccc2c(-c3cc(C4CCCC4)cc(C)c3C)[n+](C)ccc2c1. The fourth-order valence-electron chi connectivity index (χ4n) is 6.03. The van der Waals surface area contributed by atoms with Crippen LogP contribution in [0.2, 0.25) is 18.1 Å². The van der Waals surface area contributed by atoms with Crippen LogP contribution in [0.3, 0.4) is 0 Å². The smallest absolute Gasteiger partial charge is 0.200 e. The van der Waals surface area contributed by atoms with Gasteiger partial charge in [0, 0.05) is 6.07 Å². The maximum absolute atomic E-state index is 2.53. The molecule has 1 heterocycles. The largest absolute Gasteiger partial charge is 0.220 e. The van der Waals surface area contributed by atoms with Crippen molar-refractivity contribution in [1.29, 1.82) is 0 Å². The van der Waals surface area contributed by atoms with E-state index in [0.29, 0.717) is 0 Å².